The summed E-state index contributed by atoms with van der Waals surface area (Å²) in [5, 5.41) is 15.9. The highest BCUT2D eigenvalue weighted by molar-refractivity contribution is 6.32. The third kappa shape index (κ3) is 4.20. The number of benzene rings is 1. The van der Waals surface area contributed by atoms with Gasteiger partial charge in [-0.25, -0.2) is 0 Å². The molecule has 1 atom stereocenters. The van der Waals surface area contributed by atoms with E-state index in [1.54, 1.807) is 25.1 Å². The number of carbonyl (C=O) groups excluding carboxylic acids is 1. The van der Waals surface area contributed by atoms with E-state index < -0.39 is 0 Å². The van der Waals surface area contributed by atoms with E-state index in [-0.39, 0.29) is 23.7 Å². The molecule has 1 unspecified atom stereocenters. The second-order valence-corrected chi connectivity index (χ2v) is 4.92. The number of nitrogens with one attached hydrogen (secondary N) is 2. The zero-order valence-electron chi connectivity index (χ0n) is 10.8. The largest absolute Gasteiger partial charge is 0.506 e. The molecule has 0 fully saturated rings. The Kier molecular flexibility index (Phi) is 5.44. The number of halogens is 1. The molecular weight excluding hydrogens is 252 g/mol. The first kappa shape index (κ1) is 14.8. The number of rotatable bonds is 5. The van der Waals surface area contributed by atoms with Crippen molar-refractivity contribution in [3.05, 3.63) is 28.8 Å². The Labute approximate surface area is 112 Å². The quantitative estimate of drug-likeness (QED) is 0.767. The average Bonchev–Trinajstić information content (AvgIpc) is 2.29. The highest BCUT2D eigenvalue weighted by atomic mass is 35.5. The fourth-order valence-corrected chi connectivity index (χ4v) is 1.66. The molecule has 1 amide bonds. The molecule has 100 valence electrons. The van der Waals surface area contributed by atoms with Gasteiger partial charge in [0.2, 0.25) is 5.91 Å². The Balaban J connectivity index is 2.55. The minimum absolute atomic E-state index is 0.0585. The van der Waals surface area contributed by atoms with Crippen molar-refractivity contribution in [1.82, 2.24) is 10.6 Å². The minimum Gasteiger partial charge on any atom is -0.506 e. The molecule has 4 nitrogen and oxygen atoms in total. The predicted molar refractivity (Wildman–Crippen MR) is 72.7 cm³/mol. The Morgan fingerprint density at radius 3 is 2.67 bits per heavy atom. The molecule has 0 aliphatic rings. The molecular formula is C13H19ClN2O2. The fourth-order valence-electron chi connectivity index (χ4n) is 1.47. The number of amides is 1. The van der Waals surface area contributed by atoms with Gasteiger partial charge in [0.05, 0.1) is 11.1 Å². The Hall–Kier alpha value is -1.26. The van der Waals surface area contributed by atoms with E-state index in [0.29, 0.717) is 17.1 Å². The Bertz CT molecular complexity index is 421. The van der Waals surface area contributed by atoms with Crippen LogP contribution in [-0.2, 0) is 11.3 Å². The van der Waals surface area contributed by atoms with Gasteiger partial charge in [0.25, 0.3) is 0 Å². The van der Waals surface area contributed by atoms with Gasteiger partial charge in [-0.15, -0.1) is 0 Å². The maximum Gasteiger partial charge on any atom is 0.237 e. The molecule has 18 heavy (non-hydrogen) atoms. The first-order valence-electron chi connectivity index (χ1n) is 5.92. The predicted octanol–water partition coefficient (Wildman–Crippen LogP) is 2.05. The van der Waals surface area contributed by atoms with Gasteiger partial charge in [0, 0.05) is 18.2 Å². The van der Waals surface area contributed by atoms with Crippen LogP contribution in [0.15, 0.2) is 18.2 Å². The number of phenols is 1. The number of phenolic OH excluding ortho intramolecular Hbond substituents is 1. The van der Waals surface area contributed by atoms with Crippen LogP contribution < -0.4 is 10.6 Å². The van der Waals surface area contributed by atoms with Crippen LogP contribution in [0.2, 0.25) is 5.02 Å². The van der Waals surface area contributed by atoms with Crippen molar-refractivity contribution in [3.63, 3.8) is 0 Å². The highest BCUT2D eigenvalue weighted by Crippen LogP contribution is 2.26. The maximum atomic E-state index is 11.7. The maximum absolute atomic E-state index is 11.7. The van der Waals surface area contributed by atoms with E-state index >= 15 is 0 Å². The van der Waals surface area contributed by atoms with Crippen LogP contribution in [0, 0.1) is 0 Å². The number of hydrogen-bond acceptors (Lipinski definition) is 3. The van der Waals surface area contributed by atoms with Gasteiger partial charge >= 0.3 is 0 Å². The normalized spacial score (nSPS) is 12.5. The standard InChI is InChI=1S/C13H19ClN2O2/c1-8(2)16-13(18)9(3)15-7-10-5-4-6-11(14)12(10)17/h4-6,8-9,15,17H,7H2,1-3H3,(H,16,18). The number of carbonyl (C=O) groups is 1. The molecule has 3 N–H and O–H groups in total. The molecule has 1 aromatic carbocycles. The molecule has 0 saturated heterocycles. The summed E-state index contributed by atoms with van der Waals surface area (Å²) < 4.78 is 0. The van der Waals surface area contributed by atoms with E-state index in [9.17, 15) is 9.90 Å². The summed E-state index contributed by atoms with van der Waals surface area (Å²) in [6, 6.07) is 4.93. The van der Waals surface area contributed by atoms with Crippen LogP contribution in [0.1, 0.15) is 26.3 Å². The molecule has 1 aromatic rings. The first-order valence-corrected chi connectivity index (χ1v) is 6.29. The van der Waals surface area contributed by atoms with Gasteiger partial charge in [0.15, 0.2) is 0 Å². The van der Waals surface area contributed by atoms with Crippen LogP contribution in [0.4, 0.5) is 0 Å². The minimum atomic E-state index is -0.328. The van der Waals surface area contributed by atoms with Gasteiger partial charge in [-0.2, -0.15) is 0 Å². The second kappa shape index (κ2) is 6.61. The third-order valence-corrected chi connectivity index (χ3v) is 2.80. The van der Waals surface area contributed by atoms with Gasteiger partial charge in [0.1, 0.15) is 5.75 Å². The molecule has 0 aliphatic heterocycles. The van der Waals surface area contributed by atoms with Gasteiger partial charge in [-0.1, -0.05) is 23.7 Å². The zero-order chi connectivity index (χ0) is 13.7. The van der Waals surface area contributed by atoms with Crippen molar-refractivity contribution < 1.29 is 9.90 Å². The lowest BCUT2D eigenvalue weighted by molar-refractivity contribution is -0.123. The van der Waals surface area contributed by atoms with Crippen molar-refractivity contribution >= 4 is 17.5 Å². The van der Waals surface area contributed by atoms with Crippen molar-refractivity contribution in [3.8, 4) is 5.75 Å². The Morgan fingerprint density at radius 1 is 1.39 bits per heavy atom. The van der Waals surface area contributed by atoms with Crippen LogP contribution in [-0.4, -0.2) is 23.1 Å². The topological polar surface area (TPSA) is 61.4 Å². The molecule has 5 heteroatoms. The molecule has 1 rings (SSSR count). The summed E-state index contributed by atoms with van der Waals surface area (Å²) in [6.45, 7) is 5.99. The van der Waals surface area contributed by atoms with Gasteiger partial charge < -0.3 is 15.7 Å². The summed E-state index contributed by atoms with van der Waals surface area (Å²) in [4.78, 5) is 11.7. The number of aromatic hydroxyl groups is 1. The summed E-state index contributed by atoms with van der Waals surface area (Å²) >= 11 is 5.80. The van der Waals surface area contributed by atoms with E-state index in [2.05, 4.69) is 10.6 Å². The van der Waals surface area contributed by atoms with E-state index in [4.69, 9.17) is 11.6 Å². The van der Waals surface area contributed by atoms with Crippen LogP contribution in [0.3, 0.4) is 0 Å². The lowest BCUT2D eigenvalue weighted by Gasteiger charge is -2.16. The van der Waals surface area contributed by atoms with Crippen LogP contribution in [0.25, 0.3) is 0 Å². The monoisotopic (exact) mass is 270 g/mol. The second-order valence-electron chi connectivity index (χ2n) is 4.51. The van der Waals surface area contributed by atoms with Gasteiger partial charge in [-0.05, 0) is 26.8 Å². The van der Waals surface area contributed by atoms with Crippen molar-refractivity contribution in [2.75, 3.05) is 0 Å². The zero-order valence-corrected chi connectivity index (χ0v) is 11.6. The van der Waals surface area contributed by atoms with Crippen LogP contribution in [0.5, 0.6) is 5.75 Å². The summed E-state index contributed by atoms with van der Waals surface area (Å²) in [6.07, 6.45) is 0. The average molecular weight is 271 g/mol. The first-order chi connectivity index (χ1) is 8.41. The fraction of sp³-hybridized carbons (Fsp3) is 0.462. The summed E-state index contributed by atoms with van der Waals surface area (Å²) in [5.74, 6) is -0.00495. The molecule has 0 heterocycles. The third-order valence-electron chi connectivity index (χ3n) is 2.49. The molecule has 0 aromatic heterocycles. The molecule has 0 spiro atoms. The SMILES string of the molecule is CC(C)NC(=O)C(C)NCc1cccc(Cl)c1O. The number of hydrogen-bond donors (Lipinski definition) is 3. The van der Waals surface area contributed by atoms with Crippen molar-refractivity contribution in [2.24, 2.45) is 0 Å². The molecule has 0 saturated carbocycles. The summed E-state index contributed by atoms with van der Waals surface area (Å²) in [7, 11) is 0. The van der Waals surface area contributed by atoms with Gasteiger partial charge in [-0.3, -0.25) is 4.79 Å². The van der Waals surface area contributed by atoms with Crippen molar-refractivity contribution in [2.45, 2.75) is 39.4 Å². The summed E-state index contributed by atoms with van der Waals surface area (Å²) in [5.41, 5.74) is 0.673. The number of para-hydroxylation sites is 1. The van der Waals surface area contributed by atoms with Crippen LogP contribution >= 0.6 is 11.6 Å². The smallest absolute Gasteiger partial charge is 0.237 e. The molecule has 0 aliphatic carbocycles. The van der Waals surface area contributed by atoms with E-state index in [1.807, 2.05) is 13.8 Å². The molecule has 0 radical (unpaired) electrons. The molecule has 0 bridgehead atoms. The van der Waals surface area contributed by atoms with E-state index in [0.717, 1.165) is 0 Å². The van der Waals surface area contributed by atoms with Crippen molar-refractivity contribution in [1.29, 1.82) is 0 Å². The lowest BCUT2D eigenvalue weighted by atomic mass is 10.2. The highest BCUT2D eigenvalue weighted by Gasteiger charge is 2.14. The van der Waals surface area contributed by atoms with E-state index in [1.165, 1.54) is 0 Å². The lowest BCUT2D eigenvalue weighted by Crippen LogP contribution is -2.44. The Morgan fingerprint density at radius 2 is 2.06 bits per heavy atom.